The zero-order valence-electron chi connectivity index (χ0n) is 10.5. The van der Waals surface area contributed by atoms with E-state index in [2.05, 4.69) is 4.98 Å². The van der Waals surface area contributed by atoms with E-state index in [0.29, 0.717) is 12.4 Å². The number of hydrogen-bond acceptors (Lipinski definition) is 4. The molecule has 96 valence electrons. The third-order valence-electron chi connectivity index (χ3n) is 2.93. The molecule has 0 aliphatic rings. The van der Waals surface area contributed by atoms with Crippen LogP contribution < -0.4 is 16.1 Å². The van der Waals surface area contributed by atoms with E-state index in [-0.39, 0.29) is 11.2 Å². The van der Waals surface area contributed by atoms with Gasteiger partial charge in [-0.15, -0.1) is 0 Å². The molecule has 2 aromatic heterocycles. The summed E-state index contributed by atoms with van der Waals surface area (Å²) >= 11 is 0. The van der Waals surface area contributed by atoms with E-state index in [0.717, 1.165) is 4.57 Å². The fourth-order valence-electron chi connectivity index (χ4n) is 1.87. The van der Waals surface area contributed by atoms with Crippen LogP contribution in [0.25, 0.3) is 11.2 Å². The molecule has 0 aromatic carbocycles. The van der Waals surface area contributed by atoms with Gasteiger partial charge < -0.3 is 4.57 Å². The summed E-state index contributed by atoms with van der Waals surface area (Å²) in [4.78, 5) is 39.9. The molecule has 0 spiro atoms. The largest absolute Gasteiger partial charge is 0.332 e. The van der Waals surface area contributed by atoms with Crippen molar-refractivity contribution < 1.29 is 4.79 Å². The molecule has 2 rings (SSSR count). The number of carbonyl (C=O) groups is 1. The first-order chi connectivity index (χ1) is 8.40. The Bertz CT molecular complexity index is 751. The van der Waals surface area contributed by atoms with Gasteiger partial charge in [0.2, 0.25) is 12.4 Å². The monoisotopic (exact) mass is 251 g/mol. The third-order valence-corrected chi connectivity index (χ3v) is 2.93. The average molecular weight is 251 g/mol. The minimum absolute atomic E-state index is 0.259. The van der Waals surface area contributed by atoms with E-state index in [1.54, 1.807) is 7.05 Å². The van der Waals surface area contributed by atoms with Crippen molar-refractivity contribution in [3.63, 3.8) is 0 Å². The van der Waals surface area contributed by atoms with Crippen LogP contribution in [0.3, 0.4) is 0 Å². The van der Waals surface area contributed by atoms with Gasteiger partial charge in [-0.3, -0.25) is 23.6 Å². The number of fused-ring (bicyclic) bond motifs is 1. The van der Waals surface area contributed by atoms with Crippen molar-refractivity contribution in [3.8, 4) is 0 Å². The molecule has 0 saturated carbocycles. The second-order valence-corrected chi connectivity index (χ2v) is 4.07. The van der Waals surface area contributed by atoms with Gasteiger partial charge in [0.05, 0.1) is 0 Å². The van der Waals surface area contributed by atoms with E-state index < -0.39 is 11.2 Å². The van der Waals surface area contributed by atoms with E-state index in [4.69, 9.17) is 0 Å². The van der Waals surface area contributed by atoms with Gasteiger partial charge in [-0.25, -0.2) is 4.79 Å². The minimum atomic E-state index is -0.453. The van der Waals surface area contributed by atoms with Gasteiger partial charge in [0.1, 0.15) is 0 Å². The van der Waals surface area contributed by atoms with Gasteiger partial charge in [-0.1, -0.05) is 0 Å². The van der Waals surface area contributed by atoms with Gasteiger partial charge in [0, 0.05) is 28.2 Å². The van der Waals surface area contributed by atoms with Crippen molar-refractivity contribution in [1.29, 1.82) is 0 Å². The number of amides is 1. The summed E-state index contributed by atoms with van der Waals surface area (Å²) in [5, 5.41) is 0. The summed E-state index contributed by atoms with van der Waals surface area (Å²) in [6.45, 7) is 0. The fraction of sp³-hybridized carbons (Fsp3) is 0.400. The highest BCUT2D eigenvalue weighted by atomic mass is 16.2. The van der Waals surface area contributed by atoms with Crippen LogP contribution in [0, 0.1) is 0 Å². The highest BCUT2D eigenvalue weighted by molar-refractivity contribution is 5.79. The first-order valence-corrected chi connectivity index (χ1v) is 5.20. The molecule has 2 aromatic rings. The van der Waals surface area contributed by atoms with Crippen LogP contribution in [0.4, 0.5) is 5.95 Å². The van der Waals surface area contributed by atoms with Gasteiger partial charge in [-0.05, 0) is 0 Å². The lowest BCUT2D eigenvalue weighted by molar-refractivity contribution is -0.107. The summed E-state index contributed by atoms with van der Waals surface area (Å²) < 4.78 is 3.78. The molecule has 8 nitrogen and oxygen atoms in total. The van der Waals surface area contributed by atoms with E-state index in [9.17, 15) is 14.4 Å². The molecule has 0 atom stereocenters. The standard InChI is InChI=1S/C10H13N5O3/c1-12(5-16)9-11-7-6(13(9)2)8(17)15(4)10(18)14(7)3/h5H,1-4H3. The lowest BCUT2D eigenvalue weighted by Gasteiger charge is -2.08. The molecule has 0 saturated heterocycles. The lowest BCUT2D eigenvalue weighted by Crippen LogP contribution is -2.37. The fourth-order valence-corrected chi connectivity index (χ4v) is 1.87. The molecule has 0 radical (unpaired) electrons. The Morgan fingerprint density at radius 3 is 2.28 bits per heavy atom. The number of rotatable bonds is 2. The highest BCUT2D eigenvalue weighted by Crippen LogP contribution is 2.15. The van der Waals surface area contributed by atoms with Crippen LogP contribution in [0.1, 0.15) is 0 Å². The maximum Gasteiger partial charge on any atom is 0.332 e. The molecule has 0 N–H and O–H groups in total. The number of anilines is 1. The van der Waals surface area contributed by atoms with Crippen LogP contribution in [0.5, 0.6) is 0 Å². The Labute approximate surface area is 102 Å². The van der Waals surface area contributed by atoms with Gasteiger partial charge in [-0.2, -0.15) is 4.98 Å². The zero-order chi connectivity index (χ0) is 13.6. The Kier molecular flexibility index (Phi) is 2.57. The molecule has 0 unspecified atom stereocenters. The van der Waals surface area contributed by atoms with Crippen molar-refractivity contribution in [2.45, 2.75) is 0 Å². The number of nitrogens with zero attached hydrogens (tertiary/aromatic N) is 5. The van der Waals surface area contributed by atoms with Crippen molar-refractivity contribution in [3.05, 3.63) is 20.8 Å². The molecule has 1 amide bonds. The first kappa shape index (κ1) is 12.1. The van der Waals surface area contributed by atoms with Crippen LogP contribution in [-0.2, 0) is 25.9 Å². The van der Waals surface area contributed by atoms with Gasteiger partial charge >= 0.3 is 5.69 Å². The summed E-state index contributed by atoms with van der Waals surface area (Å²) in [5.74, 6) is 0.304. The van der Waals surface area contributed by atoms with Gasteiger partial charge in [0.25, 0.3) is 5.56 Å². The van der Waals surface area contributed by atoms with Crippen LogP contribution in [0.2, 0.25) is 0 Å². The van der Waals surface area contributed by atoms with Crippen LogP contribution >= 0.6 is 0 Å². The SMILES string of the molecule is CN(C=O)c1nc2c(c(=O)n(C)c(=O)n2C)n1C. The molecule has 8 heteroatoms. The van der Waals surface area contributed by atoms with E-state index in [1.807, 2.05) is 0 Å². The minimum Gasteiger partial charge on any atom is -0.307 e. The van der Waals surface area contributed by atoms with E-state index in [1.165, 1.54) is 35.2 Å². The number of aryl methyl sites for hydroxylation is 2. The Morgan fingerprint density at radius 1 is 1.11 bits per heavy atom. The molecular formula is C10H13N5O3. The molecule has 0 bridgehead atoms. The molecular weight excluding hydrogens is 238 g/mol. The maximum atomic E-state index is 12.0. The second-order valence-electron chi connectivity index (χ2n) is 4.07. The molecule has 0 fully saturated rings. The lowest BCUT2D eigenvalue weighted by atomic mass is 10.5. The average Bonchev–Trinajstić information content (AvgIpc) is 2.71. The second kappa shape index (κ2) is 3.83. The number of carbonyl (C=O) groups excluding carboxylic acids is 1. The number of imidazole rings is 1. The van der Waals surface area contributed by atoms with Crippen molar-refractivity contribution >= 4 is 23.5 Å². The van der Waals surface area contributed by atoms with Gasteiger partial charge in [0.15, 0.2) is 11.2 Å². The molecule has 18 heavy (non-hydrogen) atoms. The number of aromatic nitrogens is 4. The zero-order valence-corrected chi connectivity index (χ0v) is 10.5. The van der Waals surface area contributed by atoms with Crippen molar-refractivity contribution in [2.24, 2.45) is 21.1 Å². The third kappa shape index (κ3) is 1.38. The summed E-state index contributed by atoms with van der Waals surface area (Å²) in [5.41, 5.74) is -0.350. The normalized spacial score (nSPS) is 10.9. The molecule has 2 heterocycles. The van der Waals surface area contributed by atoms with Crippen LogP contribution in [-0.4, -0.2) is 32.1 Å². The van der Waals surface area contributed by atoms with Crippen molar-refractivity contribution in [1.82, 2.24) is 18.7 Å². The smallest absolute Gasteiger partial charge is 0.307 e. The van der Waals surface area contributed by atoms with Crippen molar-refractivity contribution in [2.75, 3.05) is 11.9 Å². The topological polar surface area (TPSA) is 82.1 Å². The summed E-state index contributed by atoms with van der Waals surface area (Å²) in [7, 11) is 6.08. The predicted octanol–water partition coefficient (Wildman–Crippen LogP) is -1.44. The Hall–Kier alpha value is -2.38. The Balaban J connectivity index is 3.02. The maximum absolute atomic E-state index is 12.0. The quantitative estimate of drug-likeness (QED) is 0.612. The number of hydrogen-bond donors (Lipinski definition) is 0. The molecule has 0 aliphatic heterocycles. The predicted molar refractivity (Wildman–Crippen MR) is 65.7 cm³/mol. The summed E-state index contributed by atoms with van der Waals surface area (Å²) in [6.07, 6.45) is 0.587. The van der Waals surface area contributed by atoms with Crippen LogP contribution in [0.15, 0.2) is 9.59 Å². The van der Waals surface area contributed by atoms with E-state index >= 15 is 0 Å². The first-order valence-electron chi connectivity index (χ1n) is 5.20. The summed E-state index contributed by atoms with van der Waals surface area (Å²) in [6, 6.07) is 0. The Morgan fingerprint density at radius 2 is 1.72 bits per heavy atom. The highest BCUT2D eigenvalue weighted by Gasteiger charge is 2.18. The molecule has 0 aliphatic carbocycles.